The Bertz CT molecular complexity index is 701. The van der Waals surface area contributed by atoms with Crippen LogP contribution in [0.1, 0.15) is 60.3 Å². The highest BCUT2D eigenvalue weighted by molar-refractivity contribution is 7.17. The molecule has 0 spiro atoms. The first-order valence-corrected chi connectivity index (χ1v) is 9.90. The molecule has 0 saturated heterocycles. The number of primary amides is 1. The number of fused-ring (bicyclic) bond motifs is 1. The zero-order chi connectivity index (χ0) is 17.7. The third-order valence-corrected chi connectivity index (χ3v) is 7.57. The van der Waals surface area contributed by atoms with Gasteiger partial charge in [-0.3, -0.25) is 9.59 Å². The molecule has 2 unspecified atom stereocenters. The maximum Gasteiger partial charge on any atom is 0.251 e. The van der Waals surface area contributed by atoms with Gasteiger partial charge < -0.3 is 11.1 Å². The van der Waals surface area contributed by atoms with E-state index >= 15 is 0 Å². The van der Waals surface area contributed by atoms with Crippen molar-refractivity contribution < 1.29 is 9.59 Å². The molecule has 1 fully saturated rings. The van der Waals surface area contributed by atoms with Crippen molar-refractivity contribution in [3.8, 4) is 0 Å². The number of hydrogen-bond donors (Lipinski definition) is 2. The van der Waals surface area contributed by atoms with Crippen LogP contribution < -0.4 is 11.1 Å². The summed E-state index contributed by atoms with van der Waals surface area (Å²) in [7, 11) is 0. The number of thiophene rings is 1. The Labute approximate surface area is 156 Å². The summed E-state index contributed by atoms with van der Waals surface area (Å²) < 4.78 is -1.03. The minimum Gasteiger partial charge on any atom is -0.365 e. The summed E-state index contributed by atoms with van der Waals surface area (Å²) in [5.74, 6) is -0.0934. The van der Waals surface area contributed by atoms with Crippen LogP contribution in [0.15, 0.2) is 0 Å². The monoisotopic (exact) mass is 388 g/mol. The van der Waals surface area contributed by atoms with E-state index in [0.717, 1.165) is 31.2 Å². The number of amides is 2. The highest BCUT2D eigenvalue weighted by atomic mass is 35.5. The zero-order valence-corrected chi connectivity index (χ0v) is 16.2. The van der Waals surface area contributed by atoms with Crippen molar-refractivity contribution in [2.75, 3.05) is 5.32 Å². The molecule has 2 aliphatic rings. The van der Waals surface area contributed by atoms with Crippen LogP contribution in [-0.4, -0.2) is 16.1 Å². The van der Waals surface area contributed by atoms with E-state index < -0.39 is 15.7 Å². The number of carbonyl (C=O) groups excluding carboxylic acids is 2. The van der Waals surface area contributed by atoms with Crippen LogP contribution in [0.25, 0.3) is 0 Å². The number of anilines is 1. The van der Waals surface area contributed by atoms with Gasteiger partial charge in [-0.2, -0.15) is 0 Å². The Morgan fingerprint density at radius 2 is 2.08 bits per heavy atom. The molecule has 0 aliphatic heterocycles. The Kier molecular flexibility index (Phi) is 4.65. The number of halogens is 2. The van der Waals surface area contributed by atoms with Gasteiger partial charge in [-0.05, 0) is 44.1 Å². The highest BCUT2D eigenvalue weighted by Gasteiger charge is 2.68. The lowest BCUT2D eigenvalue weighted by molar-refractivity contribution is -0.120. The SMILES string of the molecule is CCCC1CCc2c(sc(NC(=O)C3(C)CC3(Cl)Cl)c2C(N)=O)C1. The second-order valence-electron chi connectivity index (χ2n) is 7.14. The lowest BCUT2D eigenvalue weighted by Gasteiger charge is -2.21. The molecule has 132 valence electrons. The van der Waals surface area contributed by atoms with Crippen molar-refractivity contribution in [1.29, 1.82) is 0 Å². The molecule has 3 rings (SSSR count). The molecule has 3 N–H and O–H groups in total. The van der Waals surface area contributed by atoms with Gasteiger partial charge in [-0.15, -0.1) is 34.5 Å². The lowest BCUT2D eigenvalue weighted by atomic mass is 9.84. The molecule has 1 aromatic heterocycles. The molecule has 1 saturated carbocycles. The molecule has 1 aromatic rings. The fourth-order valence-corrected chi connectivity index (χ4v) is 5.61. The van der Waals surface area contributed by atoms with Crippen LogP contribution in [0.3, 0.4) is 0 Å². The van der Waals surface area contributed by atoms with Crippen molar-refractivity contribution in [1.82, 2.24) is 0 Å². The molecule has 0 aromatic carbocycles. The lowest BCUT2D eigenvalue weighted by Crippen LogP contribution is -2.27. The van der Waals surface area contributed by atoms with Crippen molar-refractivity contribution in [2.45, 2.75) is 56.7 Å². The van der Waals surface area contributed by atoms with Gasteiger partial charge in [0.15, 0.2) is 0 Å². The second-order valence-corrected chi connectivity index (χ2v) is 9.73. The number of alkyl halides is 2. The quantitative estimate of drug-likeness (QED) is 0.738. The molecule has 0 bridgehead atoms. The van der Waals surface area contributed by atoms with E-state index in [1.54, 1.807) is 6.92 Å². The van der Waals surface area contributed by atoms with Gasteiger partial charge in [0, 0.05) is 4.88 Å². The Hall–Kier alpha value is -0.780. The van der Waals surface area contributed by atoms with Crippen LogP contribution in [0.2, 0.25) is 0 Å². The van der Waals surface area contributed by atoms with E-state index in [-0.39, 0.29) is 5.91 Å². The number of carbonyl (C=O) groups is 2. The van der Waals surface area contributed by atoms with Crippen LogP contribution in [0.5, 0.6) is 0 Å². The molecule has 24 heavy (non-hydrogen) atoms. The first-order chi connectivity index (χ1) is 11.2. The predicted octanol–water partition coefficient (Wildman–Crippen LogP) is 4.27. The first kappa shape index (κ1) is 18.0. The maximum absolute atomic E-state index is 12.5. The van der Waals surface area contributed by atoms with Crippen molar-refractivity contribution in [3.05, 3.63) is 16.0 Å². The summed E-state index contributed by atoms with van der Waals surface area (Å²) in [6.45, 7) is 3.92. The fourth-order valence-electron chi connectivity index (χ4n) is 3.54. The van der Waals surface area contributed by atoms with Crippen LogP contribution in [0.4, 0.5) is 5.00 Å². The van der Waals surface area contributed by atoms with Gasteiger partial charge in [-0.25, -0.2) is 0 Å². The molecule has 2 atom stereocenters. The van der Waals surface area contributed by atoms with E-state index in [1.165, 1.54) is 22.6 Å². The summed E-state index contributed by atoms with van der Waals surface area (Å²) in [5, 5.41) is 3.41. The van der Waals surface area contributed by atoms with Crippen molar-refractivity contribution in [2.24, 2.45) is 17.1 Å². The Balaban J connectivity index is 1.86. The number of nitrogens with one attached hydrogen (secondary N) is 1. The number of rotatable bonds is 5. The molecule has 4 nitrogen and oxygen atoms in total. The highest BCUT2D eigenvalue weighted by Crippen LogP contribution is 2.64. The maximum atomic E-state index is 12.5. The fraction of sp³-hybridized carbons (Fsp3) is 0.647. The Morgan fingerprint density at radius 1 is 1.42 bits per heavy atom. The largest absolute Gasteiger partial charge is 0.365 e. The summed E-state index contributed by atoms with van der Waals surface area (Å²) in [6.07, 6.45) is 5.61. The summed E-state index contributed by atoms with van der Waals surface area (Å²) in [5.41, 5.74) is 6.26. The van der Waals surface area contributed by atoms with E-state index in [9.17, 15) is 9.59 Å². The Morgan fingerprint density at radius 3 is 2.62 bits per heavy atom. The minimum absolute atomic E-state index is 0.251. The summed E-state index contributed by atoms with van der Waals surface area (Å²) >= 11 is 13.6. The second kappa shape index (κ2) is 6.19. The molecule has 2 aliphatic carbocycles. The molecule has 7 heteroatoms. The minimum atomic E-state index is -1.03. The van der Waals surface area contributed by atoms with Crippen LogP contribution in [0, 0.1) is 11.3 Å². The molecule has 2 amide bonds. The van der Waals surface area contributed by atoms with Gasteiger partial charge in [0.05, 0.1) is 11.0 Å². The van der Waals surface area contributed by atoms with Crippen LogP contribution >= 0.6 is 34.5 Å². The van der Waals surface area contributed by atoms with Crippen LogP contribution in [-0.2, 0) is 17.6 Å². The first-order valence-electron chi connectivity index (χ1n) is 8.33. The number of nitrogens with two attached hydrogens (primary N) is 1. The molecule has 1 heterocycles. The van der Waals surface area contributed by atoms with E-state index in [0.29, 0.717) is 22.9 Å². The van der Waals surface area contributed by atoms with Gasteiger partial charge in [0.1, 0.15) is 9.33 Å². The van der Waals surface area contributed by atoms with Crippen molar-refractivity contribution in [3.63, 3.8) is 0 Å². The van der Waals surface area contributed by atoms with E-state index in [4.69, 9.17) is 28.9 Å². The van der Waals surface area contributed by atoms with Gasteiger partial charge in [0.25, 0.3) is 5.91 Å². The van der Waals surface area contributed by atoms with Crippen molar-refractivity contribution >= 4 is 51.4 Å². The van der Waals surface area contributed by atoms with Gasteiger partial charge in [0.2, 0.25) is 5.91 Å². The average molecular weight is 389 g/mol. The van der Waals surface area contributed by atoms with E-state index in [2.05, 4.69) is 12.2 Å². The standard InChI is InChI=1S/C17H22Cl2N2O2S/c1-3-4-9-5-6-10-11(7-9)24-14(12(10)13(20)22)21-15(23)16(2)8-17(16,18)19/h9H,3-8H2,1-2H3,(H2,20,22)(H,21,23). The molecule has 0 radical (unpaired) electrons. The topological polar surface area (TPSA) is 72.2 Å². The average Bonchev–Trinajstić information content (AvgIpc) is 2.85. The smallest absolute Gasteiger partial charge is 0.251 e. The molecular formula is C17H22Cl2N2O2S. The van der Waals surface area contributed by atoms with Gasteiger partial charge in [-0.1, -0.05) is 19.8 Å². The third kappa shape index (κ3) is 2.95. The summed E-state index contributed by atoms with van der Waals surface area (Å²) in [4.78, 5) is 25.7. The van der Waals surface area contributed by atoms with E-state index in [1.807, 2.05) is 0 Å². The summed E-state index contributed by atoms with van der Waals surface area (Å²) in [6, 6.07) is 0. The van der Waals surface area contributed by atoms with Gasteiger partial charge >= 0.3 is 0 Å². The third-order valence-electron chi connectivity index (χ3n) is 5.30. The predicted molar refractivity (Wildman–Crippen MR) is 99.1 cm³/mol. The number of hydrogen-bond acceptors (Lipinski definition) is 3. The normalized spacial score (nSPS) is 27.4. The molecular weight excluding hydrogens is 367 g/mol. The zero-order valence-electron chi connectivity index (χ0n) is 13.9.